The summed E-state index contributed by atoms with van der Waals surface area (Å²) in [4.78, 5) is 23.9. The highest BCUT2D eigenvalue weighted by atomic mass is 16.3. The van der Waals surface area contributed by atoms with Crippen LogP contribution in [0.3, 0.4) is 0 Å². The average molecular weight is 358 g/mol. The first-order valence-corrected chi connectivity index (χ1v) is 9.96. The SMILES string of the molecule is Cc1cccc(N2CCN(CC3(O)CCCN(CC4CC4)C3=O)CC2)n1. The van der Waals surface area contributed by atoms with Crippen LogP contribution in [-0.2, 0) is 4.79 Å². The molecule has 3 fully saturated rings. The normalized spacial score (nSPS) is 27.8. The van der Waals surface area contributed by atoms with Crippen molar-refractivity contribution in [3.05, 3.63) is 23.9 Å². The minimum atomic E-state index is -1.20. The van der Waals surface area contributed by atoms with E-state index in [9.17, 15) is 9.90 Å². The fraction of sp³-hybridized carbons (Fsp3) is 0.700. The molecule has 4 rings (SSSR count). The third kappa shape index (κ3) is 3.86. The Bertz CT molecular complexity index is 655. The number of carbonyl (C=O) groups excluding carboxylic acids is 1. The smallest absolute Gasteiger partial charge is 0.255 e. The standard InChI is InChI=1S/C20H30N4O2/c1-16-4-2-5-18(21-16)23-12-10-22(11-13-23)15-20(26)8-3-9-24(19(20)25)14-17-6-7-17/h2,4-5,17,26H,3,6-15H2,1H3. The van der Waals surface area contributed by atoms with E-state index >= 15 is 0 Å². The highest BCUT2D eigenvalue weighted by Crippen LogP contribution is 2.33. The van der Waals surface area contributed by atoms with Gasteiger partial charge < -0.3 is 14.9 Å². The van der Waals surface area contributed by atoms with Crippen molar-refractivity contribution in [1.29, 1.82) is 0 Å². The van der Waals surface area contributed by atoms with E-state index in [1.807, 2.05) is 24.0 Å². The Morgan fingerprint density at radius 1 is 1.19 bits per heavy atom. The molecule has 2 aliphatic heterocycles. The Kier molecular flexibility index (Phi) is 4.88. The van der Waals surface area contributed by atoms with Gasteiger partial charge in [0.1, 0.15) is 5.82 Å². The highest BCUT2D eigenvalue weighted by molar-refractivity contribution is 5.86. The lowest BCUT2D eigenvalue weighted by atomic mass is 9.90. The molecule has 6 heteroatoms. The van der Waals surface area contributed by atoms with Crippen molar-refractivity contribution in [2.24, 2.45) is 5.92 Å². The van der Waals surface area contributed by atoms with Crippen LogP contribution >= 0.6 is 0 Å². The predicted octanol–water partition coefficient (Wildman–Crippen LogP) is 1.28. The van der Waals surface area contributed by atoms with Gasteiger partial charge in [-0.3, -0.25) is 9.69 Å². The number of hydrogen-bond acceptors (Lipinski definition) is 5. The topological polar surface area (TPSA) is 59.9 Å². The highest BCUT2D eigenvalue weighted by Gasteiger charge is 2.44. The fourth-order valence-electron chi connectivity index (χ4n) is 4.21. The van der Waals surface area contributed by atoms with Crippen LogP contribution in [0.4, 0.5) is 5.82 Å². The van der Waals surface area contributed by atoms with E-state index in [1.54, 1.807) is 0 Å². The molecule has 1 saturated carbocycles. The number of nitrogens with zero attached hydrogens (tertiary/aromatic N) is 4. The van der Waals surface area contributed by atoms with Crippen LogP contribution in [0.5, 0.6) is 0 Å². The third-order valence-electron chi connectivity index (χ3n) is 5.93. The van der Waals surface area contributed by atoms with E-state index in [4.69, 9.17) is 0 Å². The maximum atomic E-state index is 12.8. The third-order valence-corrected chi connectivity index (χ3v) is 5.93. The van der Waals surface area contributed by atoms with Gasteiger partial charge in [0.2, 0.25) is 0 Å². The first kappa shape index (κ1) is 17.7. The Morgan fingerprint density at radius 3 is 2.65 bits per heavy atom. The maximum Gasteiger partial charge on any atom is 0.255 e. The fourth-order valence-corrected chi connectivity index (χ4v) is 4.21. The number of piperidine rings is 1. The summed E-state index contributed by atoms with van der Waals surface area (Å²) in [5.41, 5.74) is -0.167. The van der Waals surface area contributed by atoms with Gasteiger partial charge in [0.25, 0.3) is 5.91 Å². The predicted molar refractivity (Wildman–Crippen MR) is 101 cm³/mol. The monoisotopic (exact) mass is 358 g/mol. The van der Waals surface area contributed by atoms with E-state index in [-0.39, 0.29) is 5.91 Å². The summed E-state index contributed by atoms with van der Waals surface area (Å²) in [6, 6.07) is 6.11. The van der Waals surface area contributed by atoms with Crippen LogP contribution in [0.2, 0.25) is 0 Å². The molecule has 0 bridgehead atoms. The molecule has 1 unspecified atom stereocenters. The quantitative estimate of drug-likeness (QED) is 0.859. The molecule has 1 aromatic heterocycles. The largest absolute Gasteiger partial charge is 0.379 e. The van der Waals surface area contributed by atoms with Gasteiger partial charge in [0, 0.05) is 51.5 Å². The van der Waals surface area contributed by atoms with Crippen molar-refractivity contribution >= 4 is 11.7 Å². The lowest BCUT2D eigenvalue weighted by Crippen LogP contribution is -2.61. The molecule has 0 aromatic carbocycles. The summed E-state index contributed by atoms with van der Waals surface area (Å²) < 4.78 is 0. The molecule has 3 aliphatic rings. The summed E-state index contributed by atoms with van der Waals surface area (Å²) in [5.74, 6) is 1.65. The molecule has 3 heterocycles. The van der Waals surface area contributed by atoms with Crippen molar-refractivity contribution < 1.29 is 9.90 Å². The molecule has 142 valence electrons. The molecule has 1 atom stereocenters. The Labute approximate surface area is 155 Å². The number of β-amino-alcohol motifs (C(OH)–C–C–N with tert-alkyl or cyclic N) is 1. The number of rotatable bonds is 5. The molecule has 1 aromatic rings. The first-order chi connectivity index (χ1) is 12.5. The number of aromatic nitrogens is 1. The zero-order valence-electron chi connectivity index (χ0n) is 15.7. The lowest BCUT2D eigenvalue weighted by molar-refractivity contribution is -0.159. The number of piperazine rings is 1. The number of amides is 1. The summed E-state index contributed by atoms with van der Waals surface area (Å²) in [6.07, 6.45) is 3.96. The minimum absolute atomic E-state index is 0.0431. The zero-order chi connectivity index (χ0) is 18.1. The second-order valence-electron chi connectivity index (χ2n) is 8.23. The number of likely N-dealkylation sites (tertiary alicyclic amines) is 1. The van der Waals surface area contributed by atoms with Crippen LogP contribution < -0.4 is 4.90 Å². The van der Waals surface area contributed by atoms with Gasteiger partial charge in [-0.05, 0) is 50.7 Å². The minimum Gasteiger partial charge on any atom is -0.379 e. The van der Waals surface area contributed by atoms with Gasteiger partial charge in [-0.2, -0.15) is 0 Å². The molecule has 1 N–H and O–H groups in total. The van der Waals surface area contributed by atoms with Gasteiger partial charge in [-0.15, -0.1) is 0 Å². The average Bonchev–Trinajstić information content (AvgIpc) is 3.44. The molecular weight excluding hydrogens is 328 g/mol. The number of carbonyl (C=O) groups is 1. The van der Waals surface area contributed by atoms with Crippen LogP contribution in [-0.4, -0.2) is 77.2 Å². The lowest BCUT2D eigenvalue weighted by Gasteiger charge is -2.43. The number of aliphatic hydroxyl groups is 1. The zero-order valence-corrected chi connectivity index (χ0v) is 15.7. The second-order valence-corrected chi connectivity index (χ2v) is 8.23. The molecular formula is C20H30N4O2. The maximum absolute atomic E-state index is 12.8. The summed E-state index contributed by atoms with van der Waals surface area (Å²) >= 11 is 0. The van der Waals surface area contributed by atoms with E-state index < -0.39 is 5.60 Å². The summed E-state index contributed by atoms with van der Waals surface area (Å²) in [6.45, 7) is 7.60. The van der Waals surface area contributed by atoms with Gasteiger partial charge in [0.15, 0.2) is 5.60 Å². The van der Waals surface area contributed by atoms with Gasteiger partial charge >= 0.3 is 0 Å². The number of pyridine rings is 1. The second kappa shape index (κ2) is 7.16. The van der Waals surface area contributed by atoms with E-state index in [0.29, 0.717) is 18.9 Å². The van der Waals surface area contributed by atoms with Gasteiger partial charge in [0.05, 0.1) is 0 Å². The molecule has 6 nitrogen and oxygen atoms in total. The summed E-state index contributed by atoms with van der Waals surface area (Å²) in [5, 5.41) is 11.1. The molecule has 26 heavy (non-hydrogen) atoms. The Hall–Kier alpha value is -1.66. The van der Waals surface area contributed by atoms with Crippen molar-refractivity contribution in [3.63, 3.8) is 0 Å². The molecule has 0 spiro atoms. The van der Waals surface area contributed by atoms with Gasteiger partial charge in [-0.1, -0.05) is 6.07 Å². The van der Waals surface area contributed by atoms with Gasteiger partial charge in [-0.25, -0.2) is 4.98 Å². The van der Waals surface area contributed by atoms with Crippen molar-refractivity contribution in [3.8, 4) is 0 Å². The van der Waals surface area contributed by atoms with Crippen molar-refractivity contribution in [1.82, 2.24) is 14.8 Å². The van der Waals surface area contributed by atoms with Crippen molar-refractivity contribution in [2.75, 3.05) is 50.7 Å². The Balaban J connectivity index is 1.33. The van der Waals surface area contributed by atoms with Crippen LogP contribution in [0, 0.1) is 12.8 Å². The molecule has 0 radical (unpaired) electrons. The number of anilines is 1. The van der Waals surface area contributed by atoms with Crippen LogP contribution in [0.1, 0.15) is 31.4 Å². The molecule has 2 saturated heterocycles. The van der Waals surface area contributed by atoms with E-state index in [2.05, 4.69) is 20.9 Å². The van der Waals surface area contributed by atoms with Crippen LogP contribution in [0.15, 0.2) is 18.2 Å². The van der Waals surface area contributed by atoms with E-state index in [0.717, 1.165) is 57.2 Å². The van der Waals surface area contributed by atoms with Crippen molar-refractivity contribution in [2.45, 2.75) is 38.2 Å². The van der Waals surface area contributed by atoms with E-state index in [1.165, 1.54) is 12.8 Å². The Morgan fingerprint density at radius 2 is 1.96 bits per heavy atom. The molecule has 1 amide bonds. The molecule has 1 aliphatic carbocycles. The first-order valence-electron chi connectivity index (χ1n) is 9.96. The number of aryl methyl sites for hydroxylation is 1. The van der Waals surface area contributed by atoms with Crippen LogP contribution in [0.25, 0.3) is 0 Å². The number of hydrogen-bond donors (Lipinski definition) is 1. The summed E-state index contributed by atoms with van der Waals surface area (Å²) in [7, 11) is 0.